The van der Waals surface area contributed by atoms with Crippen molar-refractivity contribution in [1.82, 2.24) is 4.57 Å². The van der Waals surface area contributed by atoms with E-state index < -0.39 is 0 Å². The fraction of sp³-hybridized carbons (Fsp3) is 0.0526. The van der Waals surface area contributed by atoms with Gasteiger partial charge in [-0.15, -0.1) is 0 Å². The van der Waals surface area contributed by atoms with Crippen LogP contribution in [-0.4, -0.2) is 4.57 Å². The number of furan rings is 1. The third-order valence-corrected chi connectivity index (χ3v) is 8.83. The molecule has 2 aliphatic rings. The van der Waals surface area contributed by atoms with Gasteiger partial charge in [0.25, 0.3) is 0 Å². The minimum Gasteiger partial charge on any atom is -0.481 e. The van der Waals surface area contributed by atoms with Gasteiger partial charge in [-0.1, -0.05) is 60.7 Å². The van der Waals surface area contributed by atoms with Crippen LogP contribution in [0, 0.1) is 22.7 Å². The summed E-state index contributed by atoms with van der Waals surface area (Å²) in [5.74, 6) is 1.55. The molecule has 0 saturated heterocycles. The monoisotopic (exact) mass is 551 g/mol. The molecule has 2 atom stereocenters. The number of hydrogen-bond acceptors (Lipinski definition) is 4. The van der Waals surface area contributed by atoms with E-state index in [4.69, 9.17) is 9.15 Å². The Bertz CT molecular complexity index is 2380. The summed E-state index contributed by atoms with van der Waals surface area (Å²) in [7, 11) is 0. The predicted molar refractivity (Wildman–Crippen MR) is 167 cm³/mol. The lowest BCUT2D eigenvalue weighted by Gasteiger charge is -2.19. The van der Waals surface area contributed by atoms with Crippen LogP contribution < -0.4 is 4.74 Å². The molecule has 0 bridgehead atoms. The Morgan fingerprint density at radius 3 is 2.28 bits per heavy atom. The molecule has 5 nitrogen and oxygen atoms in total. The van der Waals surface area contributed by atoms with Gasteiger partial charge in [0, 0.05) is 32.8 Å². The summed E-state index contributed by atoms with van der Waals surface area (Å²) >= 11 is 0. The van der Waals surface area contributed by atoms with Gasteiger partial charge in [-0.05, 0) is 60.2 Å². The zero-order valence-corrected chi connectivity index (χ0v) is 22.8. The molecule has 0 amide bonds. The number of nitrogens with zero attached hydrogens (tertiary/aromatic N) is 3. The van der Waals surface area contributed by atoms with Crippen molar-refractivity contribution in [2.24, 2.45) is 0 Å². The van der Waals surface area contributed by atoms with Crippen LogP contribution in [0.5, 0.6) is 5.75 Å². The third kappa shape index (κ3) is 3.25. The van der Waals surface area contributed by atoms with Gasteiger partial charge in [0.15, 0.2) is 11.9 Å². The summed E-state index contributed by atoms with van der Waals surface area (Å²) in [6, 6.07) is 39.2. The van der Waals surface area contributed by atoms with Crippen LogP contribution in [0.2, 0.25) is 0 Å². The van der Waals surface area contributed by atoms with E-state index in [1.165, 1.54) is 10.8 Å². The van der Waals surface area contributed by atoms with E-state index in [2.05, 4.69) is 89.5 Å². The molecule has 0 saturated carbocycles. The van der Waals surface area contributed by atoms with Crippen molar-refractivity contribution in [2.45, 2.75) is 12.0 Å². The Hall–Kier alpha value is -6.04. The summed E-state index contributed by atoms with van der Waals surface area (Å²) in [6.07, 6.45) is 3.95. The summed E-state index contributed by atoms with van der Waals surface area (Å²) in [5.41, 5.74) is 8.97. The minimum atomic E-state index is -0.300. The summed E-state index contributed by atoms with van der Waals surface area (Å²) < 4.78 is 15.1. The van der Waals surface area contributed by atoms with Crippen LogP contribution in [0.4, 0.5) is 0 Å². The Morgan fingerprint density at radius 1 is 0.721 bits per heavy atom. The topological polar surface area (TPSA) is 74.9 Å². The highest BCUT2D eigenvalue weighted by Gasteiger charge is 2.40. The molecule has 5 aromatic carbocycles. The number of ether oxygens (including phenoxy) is 1. The smallest absolute Gasteiger partial charge is 0.167 e. The van der Waals surface area contributed by atoms with Crippen molar-refractivity contribution in [3.8, 4) is 34.7 Å². The van der Waals surface area contributed by atoms with Crippen molar-refractivity contribution in [2.75, 3.05) is 0 Å². The second kappa shape index (κ2) is 8.73. The van der Waals surface area contributed by atoms with Crippen molar-refractivity contribution >= 4 is 38.9 Å². The van der Waals surface area contributed by atoms with Gasteiger partial charge in [-0.3, -0.25) is 0 Å². The van der Waals surface area contributed by atoms with Crippen LogP contribution in [0.3, 0.4) is 0 Å². The zero-order valence-electron chi connectivity index (χ0n) is 22.8. The van der Waals surface area contributed by atoms with E-state index in [0.29, 0.717) is 11.1 Å². The first-order chi connectivity index (χ1) is 21.2. The van der Waals surface area contributed by atoms with E-state index in [0.717, 1.165) is 61.5 Å². The Labute approximate surface area is 246 Å². The summed E-state index contributed by atoms with van der Waals surface area (Å²) in [5, 5.41) is 23.0. The predicted octanol–water partition coefficient (Wildman–Crippen LogP) is 9.18. The van der Waals surface area contributed by atoms with E-state index in [1.54, 1.807) is 6.07 Å². The van der Waals surface area contributed by atoms with Crippen LogP contribution in [0.15, 0.2) is 114 Å². The van der Waals surface area contributed by atoms with E-state index in [1.807, 2.05) is 36.4 Å². The zero-order chi connectivity index (χ0) is 28.7. The van der Waals surface area contributed by atoms with E-state index >= 15 is 0 Å². The molecular formula is C38H21N3O2. The molecule has 0 radical (unpaired) electrons. The normalized spacial score (nSPS) is 16.4. The average Bonchev–Trinajstić information content (AvgIpc) is 3.73. The molecule has 0 N–H and O–H groups in total. The molecule has 1 aliphatic heterocycles. The molecule has 200 valence electrons. The second-order valence-electron chi connectivity index (χ2n) is 11.1. The van der Waals surface area contributed by atoms with Crippen molar-refractivity contribution in [3.63, 3.8) is 0 Å². The van der Waals surface area contributed by atoms with Crippen molar-refractivity contribution in [1.29, 1.82) is 10.5 Å². The Kier molecular flexibility index (Phi) is 4.80. The minimum absolute atomic E-state index is 0.0376. The molecule has 0 fully saturated rings. The van der Waals surface area contributed by atoms with E-state index in [-0.39, 0.29) is 12.0 Å². The highest BCUT2D eigenvalue weighted by atomic mass is 16.5. The summed E-state index contributed by atoms with van der Waals surface area (Å²) in [6.45, 7) is 0. The standard InChI is InChI=1S/C38H21N3O2/c39-20-22-12-16-34-29(18-22)27-14-15-28-30-19-23(13-17-35(30)43-38(28)37(27)42-34)36-24(21-40)6-5-11-33(36)41-31-9-3-1-7-25(31)26-8-2-4-10-32(26)41/h1-19,28,38H. The number of benzene rings is 5. The molecule has 1 aliphatic carbocycles. The van der Waals surface area contributed by atoms with Gasteiger partial charge in [0.1, 0.15) is 11.3 Å². The molecule has 2 aromatic heterocycles. The fourth-order valence-electron chi connectivity index (χ4n) is 6.96. The maximum atomic E-state index is 10.3. The maximum Gasteiger partial charge on any atom is 0.167 e. The number of para-hydroxylation sites is 2. The molecule has 3 heterocycles. The molecule has 5 heteroatoms. The first-order valence-electron chi connectivity index (χ1n) is 14.2. The molecule has 7 aromatic rings. The van der Waals surface area contributed by atoms with Crippen LogP contribution in [0.1, 0.15) is 40.0 Å². The van der Waals surface area contributed by atoms with Crippen LogP contribution in [-0.2, 0) is 0 Å². The molecule has 2 unspecified atom stereocenters. The molecule has 43 heavy (non-hydrogen) atoms. The number of hydrogen-bond donors (Lipinski definition) is 0. The fourth-order valence-corrected chi connectivity index (χ4v) is 6.96. The third-order valence-electron chi connectivity index (χ3n) is 8.83. The van der Waals surface area contributed by atoms with Crippen LogP contribution in [0.25, 0.3) is 55.7 Å². The maximum absolute atomic E-state index is 10.3. The number of aromatic nitrogens is 1. The lowest BCUT2D eigenvalue weighted by Crippen LogP contribution is -2.11. The number of fused-ring (bicyclic) bond motifs is 10. The summed E-state index contributed by atoms with van der Waals surface area (Å²) in [4.78, 5) is 0. The highest BCUT2D eigenvalue weighted by Crippen LogP contribution is 2.53. The highest BCUT2D eigenvalue weighted by molar-refractivity contribution is 6.09. The number of rotatable bonds is 2. The van der Waals surface area contributed by atoms with Gasteiger partial charge in [0.2, 0.25) is 0 Å². The van der Waals surface area contributed by atoms with Crippen molar-refractivity contribution < 1.29 is 9.15 Å². The van der Waals surface area contributed by atoms with Crippen LogP contribution >= 0.6 is 0 Å². The quantitative estimate of drug-likeness (QED) is 0.215. The first kappa shape index (κ1) is 23.6. The van der Waals surface area contributed by atoms with Gasteiger partial charge >= 0.3 is 0 Å². The number of nitriles is 2. The van der Waals surface area contributed by atoms with Gasteiger partial charge in [-0.2, -0.15) is 10.5 Å². The SMILES string of the molecule is N#Cc1ccc2oc3c(c2c1)C=CC1c2cc(-c4c(C#N)cccc4-n4c5ccccc5c5ccccc54)ccc2OC31. The second-order valence-corrected chi connectivity index (χ2v) is 11.1. The van der Waals surface area contributed by atoms with Crippen molar-refractivity contribution in [3.05, 3.63) is 137 Å². The largest absolute Gasteiger partial charge is 0.481 e. The van der Waals surface area contributed by atoms with Gasteiger partial charge in [-0.25, -0.2) is 0 Å². The first-order valence-corrected chi connectivity index (χ1v) is 14.2. The Morgan fingerprint density at radius 2 is 1.51 bits per heavy atom. The van der Waals surface area contributed by atoms with Gasteiger partial charge < -0.3 is 13.7 Å². The molecule has 9 rings (SSSR count). The Balaban J connectivity index is 1.22. The molecule has 0 spiro atoms. The van der Waals surface area contributed by atoms with E-state index in [9.17, 15) is 10.5 Å². The lowest BCUT2D eigenvalue weighted by molar-refractivity contribution is 0.193. The van der Waals surface area contributed by atoms with Gasteiger partial charge in [0.05, 0.1) is 45.9 Å². The molecular weight excluding hydrogens is 530 g/mol. The average molecular weight is 552 g/mol. The lowest BCUT2D eigenvalue weighted by atomic mass is 9.86.